The van der Waals surface area contributed by atoms with Crippen LogP contribution in [0.5, 0.6) is 11.5 Å². The van der Waals surface area contributed by atoms with Crippen LogP contribution < -0.4 is 14.4 Å². The van der Waals surface area contributed by atoms with Gasteiger partial charge in [-0.3, -0.25) is 9.30 Å². The molecule has 0 bridgehead atoms. The van der Waals surface area contributed by atoms with Gasteiger partial charge in [-0.15, -0.1) is 10.2 Å². The molecule has 1 N–H and O–H groups in total. The molecule has 10 nitrogen and oxygen atoms in total. The Bertz CT molecular complexity index is 1810. The molecule has 0 aliphatic carbocycles. The molecular formula is C31H30FN5O5. The summed E-state index contributed by atoms with van der Waals surface area (Å²) in [4.78, 5) is 19.6. The van der Waals surface area contributed by atoms with E-state index < -0.39 is 23.1 Å². The van der Waals surface area contributed by atoms with Gasteiger partial charge in [0.15, 0.2) is 17.2 Å². The molecule has 2 aliphatic rings. The first-order valence-corrected chi connectivity index (χ1v) is 13.5. The SMILES string of the molecule is [3H]OC(C)(C)C#Cc1ncccc1-c1cc2c(n3cnnc13)N(C(=O)OC(C)(C)C)Cc1c(F)ccc3c1[C@H](CO3)CO2. The maximum absolute atomic E-state index is 15.5. The van der Waals surface area contributed by atoms with Crippen molar-refractivity contribution in [1.29, 1.82) is 1.43 Å². The van der Waals surface area contributed by atoms with Gasteiger partial charge in [0.05, 0.1) is 25.7 Å². The van der Waals surface area contributed by atoms with Gasteiger partial charge < -0.3 is 19.3 Å². The Kier molecular flexibility index (Phi) is 6.24. The lowest BCUT2D eigenvalue weighted by molar-refractivity contribution is 0.0574. The third kappa shape index (κ3) is 5.10. The number of aromatic nitrogens is 4. The molecule has 0 fully saturated rings. The standard InChI is InChI=1S/C31H30FN5O5/c1-30(2,3)42-29(38)36-14-21-22(32)8-9-24-26(21)18(15-40-24)16-41-25-13-20(27-35-34-17-37(27)28(25)36)19-7-6-12-33-23(19)10-11-31(4,5)39/h6-9,12-13,17-18,39H,14-16H2,1-5H3/t18-/m1/s1/i39T. The van der Waals surface area contributed by atoms with Crippen LogP contribution in [0.25, 0.3) is 16.8 Å². The molecule has 0 radical (unpaired) electrons. The van der Waals surface area contributed by atoms with E-state index in [1.54, 1.807) is 63.4 Å². The van der Waals surface area contributed by atoms with Gasteiger partial charge in [0.2, 0.25) is 1.43 Å². The van der Waals surface area contributed by atoms with E-state index in [4.69, 9.17) is 20.8 Å². The van der Waals surface area contributed by atoms with Crippen molar-refractivity contribution in [3.63, 3.8) is 0 Å². The van der Waals surface area contributed by atoms with Crippen molar-refractivity contribution < 1.29 is 28.5 Å². The van der Waals surface area contributed by atoms with E-state index in [-0.39, 0.29) is 24.9 Å². The highest BCUT2D eigenvalue weighted by atomic mass is 19.1. The zero-order valence-corrected chi connectivity index (χ0v) is 23.9. The number of hydrogen-bond donors (Lipinski definition) is 1. The molecule has 0 saturated heterocycles. The van der Waals surface area contributed by atoms with Gasteiger partial charge in [0, 0.05) is 28.5 Å². The van der Waals surface area contributed by atoms with Crippen LogP contribution in [0.4, 0.5) is 15.0 Å². The fourth-order valence-electron chi connectivity index (χ4n) is 5.10. The molecule has 5 heterocycles. The number of anilines is 1. The van der Waals surface area contributed by atoms with Crippen molar-refractivity contribution in [2.75, 3.05) is 18.1 Å². The van der Waals surface area contributed by atoms with Gasteiger partial charge in [0.1, 0.15) is 34.8 Å². The first kappa shape index (κ1) is 26.2. The summed E-state index contributed by atoms with van der Waals surface area (Å²) >= 11 is 0. The van der Waals surface area contributed by atoms with Crippen LogP contribution in [0.15, 0.2) is 42.9 Å². The molecule has 4 aromatic rings. The second-order valence-electron chi connectivity index (χ2n) is 11.8. The molecular weight excluding hydrogens is 541 g/mol. The molecule has 11 heteroatoms. The van der Waals surface area contributed by atoms with Crippen molar-refractivity contribution in [3.05, 3.63) is 65.5 Å². The van der Waals surface area contributed by atoms with E-state index in [9.17, 15) is 4.79 Å². The van der Waals surface area contributed by atoms with Crippen LogP contribution in [0.1, 0.15) is 57.4 Å². The zero-order chi connectivity index (χ0) is 30.5. The molecule has 0 saturated carbocycles. The van der Waals surface area contributed by atoms with Gasteiger partial charge in [-0.25, -0.2) is 14.2 Å². The molecule has 6 rings (SSSR count). The zero-order valence-electron chi connectivity index (χ0n) is 24.9. The molecule has 3 aromatic heterocycles. The monoisotopic (exact) mass is 573 g/mol. The van der Waals surface area contributed by atoms with E-state index in [0.29, 0.717) is 51.7 Å². The minimum atomic E-state index is -1.02. The third-order valence-corrected chi connectivity index (χ3v) is 6.83. The van der Waals surface area contributed by atoms with Crippen LogP contribution in [0, 0.1) is 17.7 Å². The highest BCUT2D eigenvalue weighted by Gasteiger charge is 2.37. The van der Waals surface area contributed by atoms with Crippen LogP contribution in [0.3, 0.4) is 0 Å². The minimum Gasteiger partial charge on any atom is -0.493 e. The number of fused-ring (bicyclic) bond motifs is 3. The summed E-state index contributed by atoms with van der Waals surface area (Å²) in [6.07, 6.45) is 2.39. The van der Waals surface area contributed by atoms with Crippen LogP contribution in [-0.2, 0) is 11.3 Å². The first-order valence-electron chi connectivity index (χ1n) is 13.9. The number of halogens is 1. The van der Waals surface area contributed by atoms with Crippen LogP contribution in [-0.4, -0.2) is 56.6 Å². The van der Waals surface area contributed by atoms with Crippen molar-refractivity contribution in [3.8, 4) is 34.5 Å². The van der Waals surface area contributed by atoms with E-state index >= 15 is 4.39 Å². The summed E-state index contributed by atoms with van der Waals surface area (Å²) in [6.45, 7) is 8.98. The summed E-state index contributed by atoms with van der Waals surface area (Å²) in [5, 5.41) is 13.2. The average Bonchev–Trinajstić information content (AvgIpc) is 3.62. The number of hydrogen-bond acceptors (Lipinski definition) is 8. The second kappa shape index (κ2) is 9.99. The highest BCUT2D eigenvalue weighted by molar-refractivity contribution is 5.92. The van der Waals surface area contributed by atoms with E-state index in [2.05, 4.69) is 27.0 Å². The molecule has 1 amide bonds. The first-order chi connectivity index (χ1) is 20.5. The van der Waals surface area contributed by atoms with Crippen LogP contribution >= 0.6 is 0 Å². The predicted molar refractivity (Wildman–Crippen MR) is 152 cm³/mol. The van der Waals surface area contributed by atoms with Gasteiger partial charge in [0.25, 0.3) is 0 Å². The Balaban J connectivity index is 1.58. The van der Waals surface area contributed by atoms with Gasteiger partial charge in [-0.05, 0) is 70.9 Å². The van der Waals surface area contributed by atoms with Gasteiger partial charge in [-0.1, -0.05) is 5.92 Å². The highest BCUT2D eigenvalue weighted by Crippen LogP contribution is 2.44. The molecule has 0 spiro atoms. The van der Waals surface area contributed by atoms with Crippen molar-refractivity contribution in [2.45, 2.75) is 58.3 Å². The summed E-state index contributed by atoms with van der Waals surface area (Å²) in [5.74, 6) is 6.40. The van der Waals surface area contributed by atoms with E-state index in [1.807, 2.05) is 6.07 Å². The number of ether oxygens (including phenoxy) is 3. The fourth-order valence-corrected chi connectivity index (χ4v) is 5.10. The van der Waals surface area contributed by atoms with Crippen LogP contribution in [0.2, 0.25) is 0 Å². The largest absolute Gasteiger partial charge is 0.493 e. The number of nitrogens with zero attached hydrogens (tertiary/aromatic N) is 5. The summed E-state index contributed by atoms with van der Waals surface area (Å²) < 4.78 is 42.5. The van der Waals surface area contributed by atoms with Gasteiger partial charge in [-0.2, -0.15) is 0 Å². The maximum atomic E-state index is 15.5. The maximum Gasteiger partial charge on any atom is 0.416 e. The van der Waals surface area contributed by atoms with Gasteiger partial charge >= 0.3 is 6.09 Å². The Hall–Kier alpha value is -4.69. The second-order valence-corrected chi connectivity index (χ2v) is 11.8. The Morgan fingerprint density at radius 3 is 2.71 bits per heavy atom. The molecule has 1 atom stereocenters. The Morgan fingerprint density at radius 2 is 1.95 bits per heavy atom. The molecule has 42 heavy (non-hydrogen) atoms. The third-order valence-electron chi connectivity index (χ3n) is 6.83. The lowest BCUT2D eigenvalue weighted by Crippen LogP contribution is -2.38. The number of benzene rings is 1. The predicted octanol–water partition coefficient (Wildman–Crippen LogP) is 4.86. The number of carbonyl (C=O) groups excluding carboxylic acids is 1. The lowest BCUT2D eigenvalue weighted by atomic mass is 9.95. The van der Waals surface area contributed by atoms with Crippen molar-refractivity contribution in [2.24, 2.45) is 0 Å². The number of rotatable bonds is 2. The number of carbonyl (C=O) groups is 1. The van der Waals surface area contributed by atoms with Crippen molar-refractivity contribution in [1.82, 2.24) is 19.6 Å². The smallest absolute Gasteiger partial charge is 0.416 e. The topological polar surface area (TPSA) is 111 Å². The van der Waals surface area contributed by atoms with Crippen molar-refractivity contribution >= 4 is 17.6 Å². The Morgan fingerprint density at radius 1 is 1.17 bits per heavy atom. The normalized spacial score (nSPS) is 16.5. The number of pyridine rings is 2. The summed E-state index contributed by atoms with van der Waals surface area (Å²) in [7, 11) is 0. The average molecular weight is 574 g/mol. The summed E-state index contributed by atoms with van der Waals surface area (Å²) in [5.41, 5.74) is 1.19. The fraction of sp³-hybridized carbons (Fsp3) is 0.355. The summed E-state index contributed by atoms with van der Waals surface area (Å²) in [6, 6.07) is 8.31. The Labute approximate surface area is 243 Å². The quantitative estimate of drug-likeness (QED) is 0.339. The molecule has 216 valence electrons. The molecule has 0 unspecified atom stereocenters. The molecule has 2 aliphatic heterocycles. The number of aliphatic hydroxyl groups is 1. The number of amides is 1. The minimum absolute atomic E-state index is 0.140. The molecule has 1 aromatic carbocycles. The lowest BCUT2D eigenvalue weighted by Gasteiger charge is -2.29. The van der Waals surface area contributed by atoms with E-state index in [0.717, 1.165) is 0 Å². The van der Waals surface area contributed by atoms with E-state index in [1.165, 1.54) is 17.3 Å².